The van der Waals surface area contributed by atoms with Crippen LogP contribution < -0.4 is 4.74 Å². The normalized spacial score (nSPS) is 23.4. The zero-order valence-electron chi connectivity index (χ0n) is 17.6. The van der Waals surface area contributed by atoms with Gasteiger partial charge in [0.25, 0.3) is 0 Å². The quantitative estimate of drug-likeness (QED) is 0.370. The molecular formula is C25H38O3. The van der Waals surface area contributed by atoms with Gasteiger partial charge in [-0.2, -0.15) is 0 Å². The van der Waals surface area contributed by atoms with Gasteiger partial charge in [0.1, 0.15) is 5.75 Å². The molecule has 3 heteroatoms. The molecule has 1 aliphatic carbocycles. The predicted molar refractivity (Wildman–Crippen MR) is 117 cm³/mol. The Labute approximate surface area is 171 Å². The number of aliphatic hydroxyl groups excluding tert-OH is 2. The van der Waals surface area contributed by atoms with Crippen molar-refractivity contribution in [3.8, 4) is 5.75 Å². The van der Waals surface area contributed by atoms with Crippen molar-refractivity contribution >= 4 is 0 Å². The summed E-state index contributed by atoms with van der Waals surface area (Å²) in [7, 11) is 0. The second kappa shape index (κ2) is 12.1. The first-order chi connectivity index (χ1) is 13.5. The summed E-state index contributed by atoms with van der Waals surface area (Å²) in [6.07, 6.45) is 10.8. The molecule has 0 heterocycles. The molecule has 1 fully saturated rings. The molecule has 0 saturated heterocycles. The number of ether oxygens (including phenoxy) is 1. The molecule has 2 N–H and O–H groups in total. The topological polar surface area (TPSA) is 49.7 Å². The molecule has 1 aromatic carbocycles. The van der Waals surface area contributed by atoms with Gasteiger partial charge in [0.2, 0.25) is 0 Å². The van der Waals surface area contributed by atoms with E-state index in [1.165, 1.54) is 5.56 Å². The van der Waals surface area contributed by atoms with Crippen molar-refractivity contribution in [3.05, 3.63) is 54.1 Å². The maximum Gasteiger partial charge on any atom is 0.119 e. The predicted octanol–water partition coefficient (Wildman–Crippen LogP) is 5.46. The summed E-state index contributed by atoms with van der Waals surface area (Å²) in [6.45, 7) is 9.28. The van der Waals surface area contributed by atoms with Gasteiger partial charge in [0, 0.05) is 5.92 Å². The lowest BCUT2D eigenvalue weighted by molar-refractivity contribution is 0.140. The molecule has 1 saturated carbocycles. The molecule has 0 aliphatic heterocycles. The molecule has 0 aromatic heterocycles. The van der Waals surface area contributed by atoms with Crippen LogP contribution in [0.1, 0.15) is 64.4 Å². The minimum absolute atomic E-state index is 0.0120. The minimum atomic E-state index is -0.427. The largest absolute Gasteiger partial charge is 0.494 e. The maximum absolute atomic E-state index is 10.5. The van der Waals surface area contributed by atoms with Gasteiger partial charge < -0.3 is 14.9 Å². The highest BCUT2D eigenvalue weighted by atomic mass is 16.5. The smallest absolute Gasteiger partial charge is 0.119 e. The Morgan fingerprint density at radius 3 is 2.75 bits per heavy atom. The average Bonchev–Trinajstić information content (AvgIpc) is 2.93. The van der Waals surface area contributed by atoms with Gasteiger partial charge in [0.05, 0.1) is 18.8 Å². The standard InChI is InChI=1S/C25H38O3/c1-4-6-8-11-21(26)13-14-23-24(19(3)16-25(23)27)18-20-10-9-12-22(17-20)28-15-7-5-2/h9-10,12-14,17,21,23-27H,3-8,11,15-16,18H2,1-2H3/b14-13+/t21-,23+,24-,25+/m0/s1. The van der Waals surface area contributed by atoms with Crippen LogP contribution in [-0.4, -0.2) is 29.0 Å². The Morgan fingerprint density at radius 2 is 2.00 bits per heavy atom. The molecule has 156 valence electrons. The Morgan fingerprint density at radius 1 is 1.21 bits per heavy atom. The van der Waals surface area contributed by atoms with Gasteiger partial charge in [-0.1, -0.05) is 76.0 Å². The third-order valence-corrected chi connectivity index (χ3v) is 5.68. The van der Waals surface area contributed by atoms with Crippen molar-refractivity contribution in [2.24, 2.45) is 11.8 Å². The molecule has 0 radical (unpaired) electrons. The summed E-state index contributed by atoms with van der Waals surface area (Å²) < 4.78 is 5.83. The third-order valence-electron chi connectivity index (χ3n) is 5.68. The zero-order valence-corrected chi connectivity index (χ0v) is 17.6. The summed E-state index contributed by atoms with van der Waals surface area (Å²) in [6, 6.07) is 8.26. The highest BCUT2D eigenvalue weighted by Crippen LogP contribution is 2.39. The summed E-state index contributed by atoms with van der Waals surface area (Å²) in [4.78, 5) is 0. The van der Waals surface area contributed by atoms with E-state index in [1.54, 1.807) is 0 Å². The van der Waals surface area contributed by atoms with E-state index in [4.69, 9.17) is 4.74 Å². The second-order valence-electron chi connectivity index (χ2n) is 8.12. The third kappa shape index (κ3) is 7.10. The summed E-state index contributed by atoms with van der Waals surface area (Å²) in [5, 5.41) is 20.7. The molecular weight excluding hydrogens is 348 g/mol. The van der Waals surface area contributed by atoms with Crippen LogP contribution in [0.5, 0.6) is 5.75 Å². The van der Waals surface area contributed by atoms with E-state index in [1.807, 2.05) is 24.3 Å². The number of unbranched alkanes of at least 4 members (excludes halogenated alkanes) is 3. The molecule has 0 unspecified atom stereocenters. The first-order valence-corrected chi connectivity index (χ1v) is 11.0. The van der Waals surface area contributed by atoms with Crippen molar-refractivity contribution < 1.29 is 14.9 Å². The highest BCUT2D eigenvalue weighted by molar-refractivity contribution is 5.31. The lowest BCUT2D eigenvalue weighted by Gasteiger charge is -2.20. The van der Waals surface area contributed by atoms with Crippen molar-refractivity contribution in [3.63, 3.8) is 0 Å². The van der Waals surface area contributed by atoms with Gasteiger partial charge in [-0.05, 0) is 49.3 Å². The van der Waals surface area contributed by atoms with Crippen LogP contribution >= 0.6 is 0 Å². The van der Waals surface area contributed by atoms with E-state index in [0.29, 0.717) is 6.42 Å². The lowest BCUT2D eigenvalue weighted by Crippen LogP contribution is -2.19. The monoisotopic (exact) mass is 386 g/mol. The van der Waals surface area contributed by atoms with Gasteiger partial charge in [-0.25, -0.2) is 0 Å². The van der Waals surface area contributed by atoms with E-state index in [2.05, 4.69) is 32.6 Å². The Hall–Kier alpha value is -1.58. The SMILES string of the molecule is C=C1C[C@@H](O)[C@H](/C=C/[C@@H](O)CCCCC)[C@H]1Cc1cccc(OCCCC)c1. The number of benzene rings is 1. The number of rotatable bonds is 12. The maximum atomic E-state index is 10.5. The van der Waals surface area contributed by atoms with Crippen molar-refractivity contribution in [1.82, 2.24) is 0 Å². The van der Waals surface area contributed by atoms with Crippen molar-refractivity contribution in [1.29, 1.82) is 0 Å². The molecule has 28 heavy (non-hydrogen) atoms. The van der Waals surface area contributed by atoms with E-state index < -0.39 is 12.2 Å². The van der Waals surface area contributed by atoms with Gasteiger partial charge in [-0.15, -0.1) is 0 Å². The Kier molecular flexibility index (Phi) is 9.80. The van der Waals surface area contributed by atoms with Gasteiger partial charge in [-0.3, -0.25) is 0 Å². The summed E-state index contributed by atoms with van der Waals surface area (Å²) >= 11 is 0. The molecule has 3 nitrogen and oxygen atoms in total. The number of hydrogen-bond acceptors (Lipinski definition) is 3. The summed E-state index contributed by atoms with van der Waals surface area (Å²) in [5.74, 6) is 1.12. The van der Waals surface area contributed by atoms with Gasteiger partial charge in [0.15, 0.2) is 0 Å². The Balaban J connectivity index is 1.99. The molecule has 2 rings (SSSR count). The van der Waals surface area contributed by atoms with Crippen LogP contribution in [0.15, 0.2) is 48.6 Å². The highest BCUT2D eigenvalue weighted by Gasteiger charge is 2.36. The lowest BCUT2D eigenvalue weighted by atomic mass is 9.86. The molecule has 0 bridgehead atoms. The molecule has 1 aromatic rings. The number of hydrogen-bond donors (Lipinski definition) is 2. The summed E-state index contributed by atoms with van der Waals surface area (Å²) in [5.41, 5.74) is 2.30. The van der Waals surface area contributed by atoms with Crippen LogP contribution in [0.4, 0.5) is 0 Å². The van der Waals surface area contributed by atoms with Crippen molar-refractivity contribution in [2.45, 2.75) is 77.4 Å². The fourth-order valence-corrected chi connectivity index (χ4v) is 3.95. The van der Waals surface area contributed by atoms with E-state index in [9.17, 15) is 10.2 Å². The van der Waals surface area contributed by atoms with Crippen LogP contribution in [0.2, 0.25) is 0 Å². The van der Waals surface area contributed by atoms with Crippen LogP contribution in [0.25, 0.3) is 0 Å². The first-order valence-electron chi connectivity index (χ1n) is 11.0. The molecule has 1 aliphatic rings. The average molecular weight is 387 g/mol. The van der Waals surface area contributed by atoms with Gasteiger partial charge >= 0.3 is 0 Å². The molecule has 4 atom stereocenters. The number of aliphatic hydroxyl groups is 2. The molecule has 0 amide bonds. The molecule has 0 spiro atoms. The van der Waals surface area contributed by atoms with Crippen LogP contribution in [0.3, 0.4) is 0 Å². The van der Waals surface area contributed by atoms with Crippen LogP contribution in [0, 0.1) is 11.8 Å². The van der Waals surface area contributed by atoms with E-state index in [0.717, 1.165) is 62.9 Å². The fraction of sp³-hybridized carbons (Fsp3) is 0.600. The van der Waals surface area contributed by atoms with E-state index >= 15 is 0 Å². The van der Waals surface area contributed by atoms with Crippen molar-refractivity contribution in [2.75, 3.05) is 6.61 Å². The first kappa shape index (κ1) is 22.7. The van der Waals surface area contributed by atoms with E-state index in [-0.39, 0.29) is 11.8 Å². The zero-order chi connectivity index (χ0) is 20.4. The second-order valence-corrected chi connectivity index (χ2v) is 8.12. The van der Waals surface area contributed by atoms with Crippen LogP contribution in [-0.2, 0) is 6.42 Å². The fourth-order valence-electron chi connectivity index (χ4n) is 3.95. The minimum Gasteiger partial charge on any atom is -0.494 e. The Bertz CT molecular complexity index is 622.